The van der Waals surface area contributed by atoms with Crippen molar-refractivity contribution in [2.45, 2.75) is 19.9 Å². The van der Waals surface area contributed by atoms with Gasteiger partial charge in [0.05, 0.1) is 26.6 Å². The average Bonchev–Trinajstić information content (AvgIpc) is 2.78. The first kappa shape index (κ1) is 14.4. The maximum absolute atomic E-state index is 6.16. The van der Waals surface area contributed by atoms with Crippen LogP contribution < -0.4 is 11.1 Å². The van der Waals surface area contributed by atoms with Crippen molar-refractivity contribution in [2.75, 3.05) is 11.1 Å². The molecule has 0 spiro atoms. The summed E-state index contributed by atoms with van der Waals surface area (Å²) >= 11 is 5.17. The molecule has 2 aromatic carbocycles. The molecule has 3 nitrogen and oxygen atoms in total. The molecule has 21 heavy (non-hydrogen) atoms. The normalized spacial score (nSPS) is 12.5. The summed E-state index contributed by atoms with van der Waals surface area (Å²) in [5.74, 6) is 0. The Labute approximate surface area is 136 Å². The molecule has 0 amide bonds. The maximum atomic E-state index is 6.16. The first-order valence-corrected chi connectivity index (χ1v) is 8.32. The first-order valence-electron chi connectivity index (χ1n) is 6.71. The van der Waals surface area contributed by atoms with Crippen LogP contribution >= 0.6 is 27.3 Å². The van der Waals surface area contributed by atoms with Crippen LogP contribution in [-0.2, 0) is 0 Å². The Morgan fingerprint density at radius 3 is 2.86 bits per heavy atom. The van der Waals surface area contributed by atoms with Gasteiger partial charge >= 0.3 is 0 Å². The van der Waals surface area contributed by atoms with Crippen LogP contribution in [0.3, 0.4) is 0 Å². The molecule has 3 aromatic rings. The zero-order chi connectivity index (χ0) is 15.0. The Kier molecular flexibility index (Phi) is 3.87. The monoisotopic (exact) mass is 361 g/mol. The predicted molar refractivity (Wildman–Crippen MR) is 94.9 cm³/mol. The van der Waals surface area contributed by atoms with Gasteiger partial charge in [-0.3, -0.25) is 0 Å². The molecule has 0 bridgehead atoms. The van der Waals surface area contributed by atoms with Crippen molar-refractivity contribution in [3.05, 3.63) is 51.4 Å². The number of anilines is 2. The van der Waals surface area contributed by atoms with Gasteiger partial charge in [-0.15, -0.1) is 11.3 Å². The molecule has 1 unspecified atom stereocenters. The number of thiazole rings is 1. The third-order valence-electron chi connectivity index (χ3n) is 3.39. The number of halogens is 1. The van der Waals surface area contributed by atoms with Crippen molar-refractivity contribution >= 4 is 48.9 Å². The fraction of sp³-hybridized carbons (Fsp3) is 0.188. The second-order valence-electron chi connectivity index (χ2n) is 5.06. The van der Waals surface area contributed by atoms with Crippen molar-refractivity contribution in [3.8, 4) is 0 Å². The summed E-state index contributed by atoms with van der Waals surface area (Å²) < 4.78 is 2.21. The van der Waals surface area contributed by atoms with E-state index in [1.807, 2.05) is 31.2 Å². The topological polar surface area (TPSA) is 50.9 Å². The van der Waals surface area contributed by atoms with E-state index in [2.05, 4.69) is 45.3 Å². The predicted octanol–water partition coefficient (Wildman–Crippen LogP) is 5.12. The highest BCUT2D eigenvalue weighted by Crippen LogP contribution is 2.32. The minimum Gasteiger partial charge on any atom is -0.397 e. The minimum atomic E-state index is 0.169. The smallest absolute Gasteiger partial charge is 0.0907 e. The molecule has 0 saturated carbocycles. The molecule has 0 aliphatic carbocycles. The summed E-state index contributed by atoms with van der Waals surface area (Å²) in [6.07, 6.45) is 0. The molecule has 5 heteroatoms. The minimum absolute atomic E-state index is 0.169. The molecule has 108 valence electrons. The highest BCUT2D eigenvalue weighted by atomic mass is 79.9. The Morgan fingerprint density at radius 1 is 1.29 bits per heavy atom. The molecular formula is C16H16BrN3S. The van der Waals surface area contributed by atoms with Gasteiger partial charge in [0.2, 0.25) is 0 Å². The number of nitrogens with two attached hydrogens (primary N) is 1. The molecule has 3 N–H and O–H groups in total. The number of benzene rings is 2. The number of rotatable bonds is 3. The van der Waals surface area contributed by atoms with E-state index in [-0.39, 0.29) is 6.04 Å². The van der Waals surface area contributed by atoms with Crippen molar-refractivity contribution < 1.29 is 0 Å². The van der Waals surface area contributed by atoms with Crippen molar-refractivity contribution in [1.82, 2.24) is 4.98 Å². The molecule has 1 atom stereocenters. The Morgan fingerprint density at radius 2 is 2.10 bits per heavy atom. The van der Waals surface area contributed by atoms with Gasteiger partial charge in [-0.1, -0.05) is 28.1 Å². The molecule has 0 radical (unpaired) electrons. The number of aryl methyl sites for hydroxylation is 1. The summed E-state index contributed by atoms with van der Waals surface area (Å²) in [5.41, 5.74) is 10.1. The van der Waals surface area contributed by atoms with E-state index in [4.69, 9.17) is 5.73 Å². The van der Waals surface area contributed by atoms with E-state index in [0.29, 0.717) is 0 Å². The Bertz CT molecular complexity index is 797. The van der Waals surface area contributed by atoms with Crippen LogP contribution in [0.5, 0.6) is 0 Å². The van der Waals surface area contributed by atoms with Crippen LogP contribution in [0.4, 0.5) is 11.4 Å². The number of nitrogen functional groups attached to an aromatic ring is 1. The van der Waals surface area contributed by atoms with Gasteiger partial charge in [0.1, 0.15) is 0 Å². The highest BCUT2D eigenvalue weighted by molar-refractivity contribution is 9.10. The number of fused-ring (bicyclic) bond motifs is 1. The van der Waals surface area contributed by atoms with Gasteiger partial charge in [0.15, 0.2) is 0 Å². The second kappa shape index (κ2) is 5.66. The van der Waals surface area contributed by atoms with Crippen LogP contribution in [0.25, 0.3) is 10.2 Å². The molecule has 0 saturated heterocycles. The quantitative estimate of drug-likeness (QED) is 0.636. The lowest BCUT2D eigenvalue weighted by molar-refractivity contribution is 0.885. The lowest BCUT2D eigenvalue weighted by Crippen LogP contribution is -2.08. The van der Waals surface area contributed by atoms with E-state index < -0.39 is 0 Å². The van der Waals surface area contributed by atoms with E-state index >= 15 is 0 Å². The van der Waals surface area contributed by atoms with Gasteiger partial charge in [-0.05, 0) is 43.7 Å². The van der Waals surface area contributed by atoms with E-state index in [1.54, 1.807) is 11.3 Å². The fourth-order valence-electron chi connectivity index (χ4n) is 2.32. The molecule has 1 aromatic heterocycles. The SMILES string of the molecule is Cc1nc2cc(NC(C)c3cccc(Br)c3)c(N)cc2s1. The second-order valence-corrected chi connectivity index (χ2v) is 7.21. The number of nitrogens with zero attached hydrogens (tertiary/aromatic N) is 1. The summed E-state index contributed by atoms with van der Waals surface area (Å²) in [4.78, 5) is 4.52. The zero-order valence-electron chi connectivity index (χ0n) is 11.9. The summed E-state index contributed by atoms with van der Waals surface area (Å²) in [6.45, 7) is 4.13. The molecule has 0 aliphatic rings. The van der Waals surface area contributed by atoms with Crippen LogP contribution in [-0.4, -0.2) is 4.98 Å². The van der Waals surface area contributed by atoms with Crippen LogP contribution in [0.2, 0.25) is 0 Å². The van der Waals surface area contributed by atoms with Crippen LogP contribution in [0, 0.1) is 6.92 Å². The van der Waals surface area contributed by atoms with Gasteiger partial charge < -0.3 is 11.1 Å². The number of aromatic nitrogens is 1. The summed E-state index contributed by atoms with van der Waals surface area (Å²) in [6, 6.07) is 12.5. The van der Waals surface area contributed by atoms with Crippen molar-refractivity contribution in [3.63, 3.8) is 0 Å². The maximum Gasteiger partial charge on any atom is 0.0907 e. The van der Waals surface area contributed by atoms with E-state index in [9.17, 15) is 0 Å². The third-order valence-corrected chi connectivity index (χ3v) is 4.81. The van der Waals surface area contributed by atoms with Gasteiger partial charge in [0, 0.05) is 10.5 Å². The summed E-state index contributed by atoms with van der Waals surface area (Å²) in [5, 5.41) is 4.53. The van der Waals surface area contributed by atoms with Crippen molar-refractivity contribution in [2.24, 2.45) is 0 Å². The molecule has 3 rings (SSSR count). The number of hydrogen-bond donors (Lipinski definition) is 2. The molecule has 1 heterocycles. The van der Waals surface area contributed by atoms with Crippen molar-refractivity contribution in [1.29, 1.82) is 0 Å². The third kappa shape index (κ3) is 3.04. The largest absolute Gasteiger partial charge is 0.397 e. The first-order chi connectivity index (χ1) is 10.0. The van der Waals surface area contributed by atoms with E-state index in [1.165, 1.54) is 5.56 Å². The van der Waals surface area contributed by atoms with Crippen LogP contribution in [0.1, 0.15) is 23.5 Å². The Balaban J connectivity index is 1.91. The van der Waals surface area contributed by atoms with Gasteiger partial charge in [-0.25, -0.2) is 4.98 Å². The molecule has 0 aliphatic heterocycles. The van der Waals surface area contributed by atoms with E-state index in [0.717, 1.165) is 31.1 Å². The lowest BCUT2D eigenvalue weighted by Gasteiger charge is -2.17. The number of nitrogens with one attached hydrogen (secondary N) is 1. The fourth-order valence-corrected chi connectivity index (χ4v) is 3.60. The Hall–Kier alpha value is -1.59. The van der Waals surface area contributed by atoms with Gasteiger partial charge in [0.25, 0.3) is 0 Å². The molecule has 0 fully saturated rings. The number of hydrogen-bond acceptors (Lipinski definition) is 4. The highest BCUT2D eigenvalue weighted by Gasteiger charge is 2.10. The zero-order valence-corrected chi connectivity index (χ0v) is 14.3. The standard InChI is InChI=1S/C16H16BrN3S/c1-9(11-4-3-5-12(17)6-11)19-14-8-15-16(7-13(14)18)21-10(2)20-15/h3-9,19H,18H2,1-2H3. The lowest BCUT2D eigenvalue weighted by atomic mass is 10.1. The van der Waals surface area contributed by atoms with Gasteiger partial charge in [-0.2, -0.15) is 0 Å². The molecular weight excluding hydrogens is 346 g/mol. The average molecular weight is 362 g/mol. The van der Waals surface area contributed by atoms with Crippen LogP contribution in [0.15, 0.2) is 40.9 Å². The summed E-state index contributed by atoms with van der Waals surface area (Å²) in [7, 11) is 0.